The van der Waals surface area contributed by atoms with Gasteiger partial charge in [-0.1, -0.05) is 17.4 Å². The number of amides is 1. The Morgan fingerprint density at radius 3 is 2.67 bits per heavy atom. The molecular weight excluding hydrogens is 446 g/mol. The van der Waals surface area contributed by atoms with E-state index >= 15 is 0 Å². The van der Waals surface area contributed by atoms with Crippen LogP contribution in [0.25, 0.3) is 10.2 Å². The van der Waals surface area contributed by atoms with Gasteiger partial charge in [0.25, 0.3) is 5.91 Å². The lowest BCUT2D eigenvalue weighted by atomic mass is 10.3. The van der Waals surface area contributed by atoms with Crippen LogP contribution in [0.3, 0.4) is 0 Å². The average molecular weight is 468 g/mol. The molecule has 8 heteroatoms. The summed E-state index contributed by atoms with van der Waals surface area (Å²) in [5.41, 5.74) is 0.817. The summed E-state index contributed by atoms with van der Waals surface area (Å²) in [5.74, 6) is 0.749. The van der Waals surface area contributed by atoms with Gasteiger partial charge in [-0.15, -0.1) is 11.3 Å². The minimum Gasteiger partial charge on any atom is -0.492 e. The summed E-state index contributed by atoms with van der Waals surface area (Å²) in [6.45, 7) is 4.07. The fraction of sp³-hybridized carbons (Fsp3) is 0.368. The number of anilines is 1. The maximum Gasteiger partial charge on any atom is 0.270 e. The summed E-state index contributed by atoms with van der Waals surface area (Å²) in [5, 5.41) is 0.713. The Labute approximate surface area is 175 Å². The number of hydrogen-bond acceptors (Lipinski definition) is 6. The summed E-state index contributed by atoms with van der Waals surface area (Å²) in [6.07, 6.45) is 0.875. The smallest absolute Gasteiger partial charge is 0.270 e. The van der Waals surface area contributed by atoms with Crippen LogP contribution < -0.4 is 9.64 Å². The molecule has 0 bridgehead atoms. The van der Waals surface area contributed by atoms with E-state index in [4.69, 9.17) is 9.72 Å². The van der Waals surface area contributed by atoms with Gasteiger partial charge in [-0.25, -0.2) is 4.98 Å². The van der Waals surface area contributed by atoms with Crippen molar-refractivity contribution < 1.29 is 9.53 Å². The van der Waals surface area contributed by atoms with Gasteiger partial charge < -0.3 is 9.64 Å². The molecule has 27 heavy (non-hydrogen) atoms. The molecule has 0 saturated heterocycles. The molecule has 0 aliphatic rings. The molecule has 0 atom stereocenters. The van der Waals surface area contributed by atoms with Crippen molar-refractivity contribution in [1.29, 1.82) is 0 Å². The van der Waals surface area contributed by atoms with E-state index in [1.807, 2.05) is 51.4 Å². The van der Waals surface area contributed by atoms with Crippen LogP contribution in [0.4, 0.5) is 5.13 Å². The van der Waals surface area contributed by atoms with E-state index in [0.29, 0.717) is 23.2 Å². The Bertz CT molecular complexity index is 923. The zero-order chi connectivity index (χ0) is 19.4. The highest BCUT2D eigenvalue weighted by molar-refractivity contribution is 9.11. The lowest BCUT2D eigenvalue weighted by molar-refractivity contribution is 0.0990. The van der Waals surface area contributed by atoms with Crippen LogP contribution in [-0.2, 0) is 0 Å². The molecule has 0 spiro atoms. The van der Waals surface area contributed by atoms with E-state index in [0.717, 1.165) is 32.7 Å². The van der Waals surface area contributed by atoms with Gasteiger partial charge in [0, 0.05) is 6.54 Å². The molecule has 0 aliphatic carbocycles. The molecule has 1 aromatic carbocycles. The first-order chi connectivity index (χ1) is 13.0. The molecule has 0 saturated carbocycles. The van der Waals surface area contributed by atoms with Gasteiger partial charge in [0.2, 0.25) is 0 Å². The first-order valence-electron chi connectivity index (χ1n) is 8.74. The van der Waals surface area contributed by atoms with Crippen LogP contribution in [-0.4, -0.2) is 49.6 Å². The normalized spacial score (nSPS) is 11.3. The third kappa shape index (κ3) is 4.87. The second-order valence-corrected chi connectivity index (χ2v) is 9.72. The number of thiazole rings is 1. The Morgan fingerprint density at radius 1 is 1.19 bits per heavy atom. The summed E-state index contributed by atoms with van der Waals surface area (Å²) >= 11 is 6.42. The van der Waals surface area contributed by atoms with Crippen molar-refractivity contribution in [3.63, 3.8) is 0 Å². The van der Waals surface area contributed by atoms with E-state index in [9.17, 15) is 4.79 Å². The standard InChI is InChI=1S/C19H22BrN3O2S2/c1-4-25-13-7-5-8-14-17(13)21-19(27-14)23(12-6-11-22(2)3)18(24)15-9-10-16(20)26-15/h5,7-10H,4,6,11-12H2,1-3H3. The lowest BCUT2D eigenvalue weighted by Crippen LogP contribution is -2.32. The van der Waals surface area contributed by atoms with Gasteiger partial charge in [0.15, 0.2) is 5.13 Å². The largest absolute Gasteiger partial charge is 0.492 e. The number of fused-ring (bicyclic) bond motifs is 1. The number of aromatic nitrogens is 1. The molecule has 0 unspecified atom stereocenters. The fourth-order valence-electron chi connectivity index (χ4n) is 2.69. The number of carbonyl (C=O) groups excluding carboxylic acids is 1. The van der Waals surface area contributed by atoms with Gasteiger partial charge in [-0.05, 0) is 74.2 Å². The number of hydrogen-bond donors (Lipinski definition) is 0. The van der Waals surface area contributed by atoms with Crippen LogP contribution in [0, 0.1) is 0 Å². The first kappa shape index (κ1) is 20.3. The molecule has 0 N–H and O–H groups in total. The van der Waals surface area contributed by atoms with Crippen molar-refractivity contribution in [3.05, 3.63) is 39.0 Å². The topological polar surface area (TPSA) is 45.7 Å². The van der Waals surface area contributed by atoms with Crippen molar-refractivity contribution >= 4 is 59.9 Å². The monoisotopic (exact) mass is 467 g/mol. The van der Waals surface area contributed by atoms with Crippen molar-refractivity contribution in [3.8, 4) is 5.75 Å². The Morgan fingerprint density at radius 2 is 2.00 bits per heavy atom. The molecule has 0 aliphatic heterocycles. The van der Waals surface area contributed by atoms with Crippen LogP contribution in [0.2, 0.25) is 0 Å². The number of carbonyl (C=O) groups is 1. The number of nitrogens with zero attached hydrogens (tertiary/aromatic N) is 3. The van der Waals surface area contributed by atoms with Crippen LogP contribution in [0.5, 0.6) is 5.75 Å². The third-order valence-corrected chi connectivity index (χ3v) is 6.57. The molecule has 0 radical (unpaired) electrons. The summed E-state index contributed by atoms with van der Waals surface area (Å²) in [4.78, 5) is 22.5. The van der Waals surface area contributed by atoms with E-state index in [2.05, 4.69) is 20.8 Å². The van der Waals surface area contributed by atoms with E-state index in [-0.39, 0.29) is 5.91 Å². The number of halogens is 1. The highest BCUT2D eigenvalue weighted by Crippen LogP contribution is 2.35. The first-order valence-corrected chi connectivity index (χ1v) is 11.2. The molecule has 2 heterocycles. The SMILES string of the molecule is CCOc1cccc2sc(N(CCCN(C)C)C(=O)c3ccc(Br)s3)nc12. The van der Waals surface area contributed by atoms with Gasteiger partial charge >= 0.3 is 0 Å². The van der Waals surface area contributed by atoms with E-state index in [1.165, 1.54) is 22.7 Å². The maximum atomic E-state index is 13.2. The van der Waals surface area contributed by atoms with Crippen molar-refractivity contribution in [2.24, 2.45) is 0 Å². The number of ether oxygens (including phenoxy) is 1. The van der Waals surface area contributed by atoms with Gasteiger partial charge in [0.05, 0.1) is 20.0 Å². The maximum absolute atomic E-state index is 13.2. The highest BCUT2D eigenvalue weighted by atomic mass is 79.9. The molecule has 5 nitrogen and oxygen atoms in total. The predicted molar refractivity (Wildman–Crippen MR) is 118 cm³/mol. The average Bonchev–Trinajstić information content (AvgIpc) is 3.25. The van der Waals surface area contributed by atoms with Crippen LogP contribution in [0.15, 0.2) is 34.1 Å². The summed E-state index contributed by atoms with van der Waals surface area (Å²) in [7, 11) is 4.07. The molecule has 2 aromatic heterocycles. The Kier molecular flexibility index (Phi) is 6.86. The zero-order valence-corrected chi connectivity index (χ0v) is 18.8. The van der Waals surface area contributed by atoms with Crippen molar-refractivity contribution in [1.82, 2.24) is 9.88 Å². The molecule has 0 fully saturated rings. The minimum atomic E-state index is -0.0125. The molecule has 3 aromatic rings. The Balaban J connectivity index is 1.95. The minimum absolute atomic E-state index is 0.0125. The van der Waals surface area contributed by atoms with E-state index in [1.54, 1.807) is 4.90 Å². The zero-order valence-electron chi connectivity index (χ0n) is 15.6. The van der Waals surface area contributed by atoms with Gasteiger partial charge in [-0.2, -0.15) is 0 Å². The summed E-state index contributed by atoms with van der Waals surface area (Å²) in [6, 6.07) is 9.66. The second-order valence-electron chi connectivity index (χ2n) is 6.25. The number of para-hydroxylation sites is 1. The second kappa shape index (κ2) is 9.14. The van der Waals surface area contributed by atoms with Crippen LogP contribution >= 0.6 is 38.6 Å². The molecule has 1 amide bonds. The van der Waals surface area contributed by atoms with Gasteiger partial charge in [-0.3, -0.25) is 9.69 Å². The van der Waals surface area contributed by atoms with E-state index < -0.39 is 0 Å². The fourth-order valence-corrected chi connectivity index (χ4v) is 5.03. The van der Waals surface area contributed by atoms with Crippen molar-refractivity contribution in [2.45, 2.75) is 13.3 Å². The molecule has 3 rings (SSSR count). The number of benzene rings is 1. The predicted octanol–water partition coefficient (Wildman–Crippen LogP) is 5.12. The quantitative estimate of drug-likeness (QED) is 0.461. The van der Waals surface area contributed by atoms with Crippen LogP contribution in [0.1, 0.15) is 23.0 Å². The highest BCUT2D eigenvalue weighted by Gasteiger charge is 2.23. The third-order valence-electron chi connectivity index (χ3n) is 3.92. The summed E-state index contributed by atoms with van der Waals surface area (Å²) < 4.78 is 7.67. The number of rotatable bonds is 8. The Hall–Kier alpha value is -1.48. The molecular formula is C19H22BrN3O2S2. The van der Waals surface area contributed by atoms with Gasteiger partial charge in [0.1, 0.15) is 11.3 Å². The van der Waals surface area contributed by atoms with Crippen molar-refractivity contribution in [2.75, 3.05) is 38.7 Å². The molecule has 144 valence electrons. The number of thiophene rings is 1. The lowest BCUT2D eigenvalue weighted by Gasteiger charge is -2.20.